The highest BCUT2D eigenvalue weighted by Gasteiger charge is 2.37. The van der Waals surface area contributed by atoms with Crippen molar-refractivity contribution in [2.45, 2.75) is 48.5 Å². The van der Waals surface area contributed by atoms with Crippen molar-refractivity contribution < 1.29 is 13.6 Å². The summed E-state index contributed by atoms with van der Waals surface area (Å²) < 4.78 is 24.0. The van der Waals surface area contributed by atoms with Gasteiger partial charge in [0.1, 0.15) is 0 Å². The molecule has 0 amide bonds. The molecule has 0 bridgehead atoms. The summed E-state index contributed by atoms with van der Waals surface area (Å²) >= 11 is 23.1. The molecular weight excluding hydrogens is 365 g/mol. The number of halogens is 4. The van der Waals surface area contributed by atoms with E-state index < -0.39 is 7.60 Å². The van der Waals surface area contributed by atoms with E-state index in [1.165, 1.54) is 0 Å². The van der Waals surface area contributed by atoms with Crippen molar-refractivity contribution in [3.8, 4) is 0 Å². The van der Waals surface area contributed by atoms with Gasteiger partial charge in [0, 0.05) is 11.8 Å². The summed E-state index contributed by atoms with van der Waals surface area (Å²) in [6.07, 6.45) is 4.94. The van der Waals surface area contributed by atoms with Crippen LogP contribution in [0.15, 0.2) is 0 Å². The first-order valence-corrected chi connectivity index (χ1v) is 10.4. The van der Waals surface area contributed by atoms with Crippen molar-refractivity contribution in [2.24, 2.45) is 0 Å². The van der Waals surface area contributed by atoms with Crippen LogP contribution < -0.4 is 0 Å². The van der Waals surface area contributed by atoms with Crippen molar-refractivity contribution in [1.29, 1.82) is 0 Å². The summed E-state index contributed by atoms with van der Waals surface area (Å²) in [5, 5.41) is -0.756. The van der Waals surface area contributed by atoms with E-state index in [0.717, 1.165) is 32.1 Å². The molecule has 3 nitrogen and oxygen atoms in total. The van der Waals surface area contributed by atoms with Crippen LogP contribution in [0.1, 0.15) is 32.1 Å². The van der Waals surface area contributed by atoms with Gasteiger partial charge in [-0.1, -0.05) is 19.3 Å². The summed E-state index contributed by atoms with van der Waals surface area (Å²) in [5.41, 5.74) is -0.0744. The highest BCUT2D eigenvalue weighted by atomic mass is 35.5. The molecule has 1 aliphatic carbocycles. The molecule has 2 unspecified atom stereocenters. The number of rotatable bonds is 9. The fourth-order valence-electron chi connectivity index (χ4n) is 2.10. The molecule has 0 aliphatic heterocycles. The smallest absolute Gasteiger partial charge is 0.307 e. The molecule has 0 spiro atoms. The molecule has 8 heteroatoms. The Morgan fingerprint density at radius 3 is 1.80 bits per heavy atom. The predicted molar refractivity (Wildman–Crippen MR) is 87.1 cm³/mol. The minimum atomic E-state index is -3.22. The molecule has 0 N–H and O–H groups in total. The lowest BCUT2D eigenvalue weighted by atomic mass is 10.0. The molecule has 1 rings (SSSR count). The van der Waals surface area contributed by atoms with E-state index >= 15 is 0 Å². The van der Waals surface area contributed by atoms with Crippen LogP contribution >= 0.6 is 54.0 Å². The van der Waals surface area contributed by atoms with Crippen LogP contribution in [0.25, 0.3) is 0 Å². The first kappa shape index (κ1) is 19.4. The van der Waals surface area contributed by atoms with Gasteiger partial charge in [0.15, 0.2) is 0 Å². The normalized spacial score (nSPS) is 23.2. The van der Waals surface area contributed by atoms with Gasteiger partial charge in [-0.3, -0.25) is 4.57 Å². The van der Waals surface area contributed by atoms with Crippen LogP contribution in [-0.2, 0) is 13.6 Å². The highest BCUT2D eigenvalue weighted by molar-refractivity contribution is 7.54. The lowest BCUT2D eigenvalue weighted by molar-refractivity contribution is 0.193. The monoisotopic (exact) mass is 384 g/mol. The lowest BCUT2D eigenvalue weighted by Gasteiger charge is -2.30. The fourth-order valence-corrected chi connectivity index (χ4v) is 4.85. The molecule has 1 aliphatic rings. The van der Waals surface area contributed by atoms with Crippen LogP contribution in [0.2, 0.25) is 0 Å². The Balaban J connectivity index is 2.62. The molecule has 1 fully saturated rings. The van der Waals surface area contributed by atoms with Crippen LogP contribution in [-0.4, -0.2) is 41.4 Å². The summed E-state index contributed by atoms with van der Waals surface area (Å²) in [7, 11) is -3.22. The van der Waals surface area contributed by atoms with Gasteiger partial charge in [-0.15, -0.1) is 46.4 Å². The molecular formula is C12H21Cl4O3P. The quantitative estimate of drug-likeness (QED) is 0.402. The zero-order chi connectivity index (χ0) is 15.0. The molecule has 0 saturated heterocycles. The Bertz CT molecular complexity index is 295. The first-order valence-electron chi connectivity index (χ1n) is 6.80. The minimum Gasteiger partial charge on any atom is -0.307 e. The molecule has 0 aromatic rings. The summed E-state index contributed by atoms with van der Waals surface area (Å²) in [5.74, 6) is 0.484. The van der Waals surface area contributed by atoms with Crippen molar-refractivity contribution in [3.05, 3.63) is 0 Å². The third-order valence-electron chi connectivity index (χ3n) is 3.23. The second kappa shape index (κ2) is 10.2. The van der Waals surface area contributed by atoms with E-state index in [9.17, 15) is 4.57 Å². The van der Waals surface area contributed by atoms with Crippen molar-refractivity contribution in [3.63, 3.8) is 0 Å². The number of alkyl halides is 4. The summed E-state index contributed by atoms with van der Waals surface area (Å²) in [6, 6.07) is 0. The Morgan fingerprint density at radius 2 is 1.40 bits per heavy atom. The maximum atomic E-state index is 13.0. The van der Waals surface area contributed by atoms with Crippen LogP contribution in [0.3, 0.4) is 0 Å². The molecule has 1 saturated carbocycles. The largest absolute Gasteiger partial charge is 0.333 e. The van der Waals surface area contributed by atoms with Gasteiger partial charge < -0.3 is 9.05 Å². The van der Waals surface area contributed by atoms with Crippen LogP contribution in [0, 0.1) is 0 Å². The molecule has 120 valence electrons. The molecule has 0 radical (unpaired) electrons. The summed E-state index contributed by atoms with van der Waals surface area (Å²) in [4.78, 5) is 0. The molecule has 0 aromatic carbocycles. The second-order valence-electron chi connectivity index (χ2n) is 4.93. The average molecular weight is 386 g/mol. The van der Waals surface area contributed by atoms with E-state index in [-0.39, 0.29) is 41.4 Å². The van der Waals surface area contributed by atoms with Crippen molar-refractivity contribution in [1.82, 2.24) is 0 Å². The average Bonchev–Trinajstić information content (AvgIpc) is 2.51. The van der Waals surface area contributed by atoms with E-state index in [0.29, 0.717) is 0 Å². The highest BCUT2D eigenvalue weighted by Crippen LogP contribution is 2.57. The molecule has 2 atom stereocenters. The van der Waals surface area contributed by atoms with Gasteiger partial charge in [0.25, 0.3) is 0 Å². The number of hydrogen-bond donors (Lipinski definition) is 0. The van der Waals surface area contributed by atoms with Gasteiger partial charge in [-0.05, 0) is 12.8 Å². The summed E-state index contributed by atoms with van der Waals surface area (Å²) in [6.45, 7) is 0.235. The van der Waals surface area contributed by atoms with Crippen molar-refractivity contribution in [2.75, 3.05) is 25.0 Å². The van der Waals surface area contributed by atoms with Gasteiger partial charge in [0.05, 0.1) is 29.6 Å². The maximum absolute atomic E-state index is 13.0. The Labute approximate surface area is 141 Å². The molecule has 0 aromatic heterocycles. The van der Waals surface area contributed by atoms with E-state index in [2.05, 4.69) is 0 Å². The first-order chi connectivity index (χ1) is 9.51. The Kier molecular flexibility index (Phi) is 9.83. The zero-order valence-corrected chi connectivity index (χ0v) is 15.2. The topological polar surface area (TPSA) is 35.5 Å². The fraction of sp³-hybridized carbons (Fsp3) is 1.00. The van der Waals surface area contributed by atoms with Gasteiger partial charge in [-0.2, -0.15) is 0 Å². The maximum Gasteiger partial charge on any atom is 0.333 e. The van der Waals surface area contributed by atoms with E-state index in [1.54, 1.807) is 0 Å². The second-order valence-corrected chi connectivity index (χ2v) is 9.10. The number of hydrogen-bond acceptors (Lipinski definition) is 3. The minimum absolute atomic E-state index is 0.0744. The van der Waals surface area contributed by atoms with E-state index in [4.69, 9.17) is 55.5 Å². The Hall–Kier alpha value is 1.31. The Morgan fingerprint density at radius 1 is 0.950 bits per heavy atom. The third-order valence-corrected chi connectivity index (χ3v) is 7.28. The molecule has 0 heterocycles. The van der Waals surface area contributed by atoms with Crippen LogP contribution in [0.4, 0.5) is 0 Å². The molecule has 20 heavy (non-hydrogen) atoms. The zero-order valence-electron chi connectivity index (χ0n) is 11.3. The standard InChI is InChI=1S/C12H21Cl4O3P/c13-6-10(15)8-18-20(17,19-9-11(16)7-14)12-4-2-1-3-5-12/h10-12H,1-9H2. The lowest BCUT2D eigenvalue weighted by Crippen LogP contribution is -2.22. The van der Waals surface area contributed by atoms with Crippen LogP contribution in [0.5, 0.6) is 0 Å². The van der Waals surface area contributed by atoms with Crippen molar-refractivity contribution >= 4 is 54.0 Å². The predicted octanol–water partition coefficient (Wildman–Crippen LogP) is 5.24. The SMILES string of the molecule is O=P(OCC(Cl)CCl)(OCC(Cl)CCl)C1CCCCC1. The van der Waals surface area contributed by atoms with E-state index in [1.807, 2.05) is 0 Å². The third kappa shape index (κ3) is 6.60. The van der Waals surface area contributed by atoms with Gasteiger partial charge >= 0.3 is 7.60 Å². The van der Waals surface area contributed by atoms with Gasteiger partial charge in [-0.25, -0.2) is 0 Å². The van der Waals surface area contributed by atoms with Gasteiger partial charge in [0.2, 0.25) is 0 Å².